The quantitative estimate of drug-likeness (QED) is 0.280. The van der Waals surface area contributed by atoms with Crippen LogP contribution in [0.1, 0.15) is 38.8 Å². The first-order valence-corrected chi connectivity index (χ1v) is 12.5. The smallest absolute Gasteiger partial charge is 0.344 e. The number of hydrogen-bond acceptors (Lipinski definition) is 4. The number of para-hydroxylation sites is 2. The second-order valence-corrected chi connectivity index (χ2v) is 9.43. The van der Waals surface area contributed by atoms with Crippen LogP contribution < -0.4 is 0 Å². The fourth-order valence-electron chi connectivity index (χ4n) is 5.26. The maximum atomic E-state index is 12.1. The summed E-state index contributed by atoms with van der Waals surface area (Å²) in [6, 6.07) is 16.1. The molecule has 0 radical (unpaired) electrons. The van der Waals surface area contributed by atoms with Gasteiger partial charge in [-0.05, 0) is 52.0 Å². The Labute approximate surface area is 221 Å². The lowest BCUT2D eigenvalue weighted by Crippen LogP contribution is -1.97. The van der Waals surface area contributed by atoms with E-state index in [4.69, 9.17) is 9.47 Å². The molecule has 38 heavy (non-hydrogen) atoms. The zero-order valence-corrected chi connectivity index (χ0v) is 22.5. The number of aryl methyl sites for hydroxylation is 2. The van der Waals surface area contributed by atoms with Gasteiger partial charge in [-0.25, -0.2) is 9.59 Å². The van der Waals surface area contributed by atoms with Gasteiger partial charge < -0.3 is 18.6 Å². The fourth-order valence-corrected chi connectivity index (χ4v) is 5.26. The molecule has 4 heterocycles. The minimum Gasteiger partial charge on any atom is -0.423 e. The molecule has 0 N–H and O–H groups in total. The lowest BCUT2D eigenvalue weighted by molar-refractivity contribution is -0.132. The van der Waals surface area contributed by atoms with Gasteiger partial charge in [0, 0.05) is 70.6 Å². The zero-order valence-electron chi connectivity index (χ0n) is 22.5. The van der Waals surface area contributed by atoms with Gasteiger partial charge in [-0.3, -0.25) is 0 Å². The summed E-state index contributed by atoms with van der Waals surface area (Å²) in [5, 5.41) is 2.15. The molecule has 0 bridgehead atoms. The van der Waals surface area contributed by atoms with Crippen LogP contribution in [-0.2, 0) is 33.2 Å². The van der Waals surface area contributed by atoms with Crippen LogP contribution in [-0.4, -0.2) is 21.1 Å². The first-order valence-electron chi connectivity index (χ1n) is 12.5. The number of aromatic nitrogens is 2. The van der Waals surface area contributed by atoms with E-state index in [-0.39, 0.29) is 11.9 Å². The highest BCUT2D eigenvalue weighted by molar-refractivity contribution is 6.25. The first-order chi connectivity index (χ1) is 18.3. The molecule has 6 rings (SSSR count). The minimum atomic E-state index is -0.262. The van der Waals surface area contributed by atoms with Gasteiger partial charge >= 0.3 is 11.9 Å². The molecule has 6 heteroatoms. The Morgan fingerprint density at radius 1 is 0.632 bits per heavy atom. The third-order valence-electron chi connectivity index (χ3n) is 7.16. The normalized spacial score (nSPS) is 17.6. The lowest BCUT2D eigenvalue weighted by Gasteiger charge is -1.97. The molecule has 2 aliphatic heterocycles. The van der Waals surface area contributed by atoms with Gasteiger partial charge in [0.25, 0.3) is 0 Å². The molecule has 2 aliphatic rings. The molecular weight excluding hydrogens is 476 g/mol. The molecule has 4 aromatic rings. The van der Waals surface area contributed by atoms with E-state index in [1.165, 1.54) is 0 Å². The van der Waals surface area contributed by atoms with Gasteiger partial charge in [-0.15, -0.1) is 0 Å². The van der Waals surface area contributed by atoms with Crippen molar-refractivity contribution in [1.82, 2.24) is 9.13 Å². The van der Waals surface area contributed by atoms with Crippen molar-refractivity contribution in [2.75, 3.05) is 0 Å². The molecule has 0 aliphatic carbocycles. The Kier molecular flexibility index (Phi) is 6.41. The van der Waals surface area contributed by atoms with Crippen LogP contribution >= 0.6 is 0 Å². The monoisotopic (exact) mass is 506 g/mol. The number of benzene rings is 2. The van der Waals surface area contributed by atoms with Crippen LogP contribution in [0.4, 0.5) is 0 Å². The SMILES string of the molecule is C/C=C1\OC(=O)C(c2cn(C)c3ccccc23)=C1C.C/C=C1\OC(=O)C(c2cn(C)c3ccccc23)=C1C. The summed E-state index contributed by atoms with van der Waals surface area (Å²) in [6.45, 7) is 7.60. The molecule has 0 saturated carbocycles. The van der Waals surface area contributed by atoms with Crippen LogP contribution in [0.25, 0.3) is 33.0 Å². The highest BCUT2D eigenvalue weighted by Gasteiger charge is 2.30. The number of hydrogen-bond donors (Lipinski definition) is 0. The summed E-state index contributed by atoms with van der Waals surface area (Å²) in [5.74, 6) is 0.796. The number of fused-ring (bicyclic) bond motifs is 2. The molecule has 0 spiro atoms. The average molecular weight is 507 g/mol. The summed E-state index contributed by atoms with van der Waals surface area (Å²) in [7, 11) is 3.97. The number of allylic oxidation sites excluding steroid dienone is 4. The number of ether oxygens (including phenoxy) is 2. The van der Waals surface area contributed by atoms with E-state index in [0.29, 0.717) is 22.7 Å². The Morgan fingerprint density at radius 2 is 1.00 bits per heavy atom. The minimum absolute atomic E-state index is 0.262. The van der Waals surface area contributed by atoms with E-state index >= 15 is 0 Å². The number of carbonyl (C=O) groups excluding carboxylic acids is 2. The second kappa shape index (κ2) is 9.71. The maximum absolute atomic E-state index is 12.1. The summed E-state index contributed by atoms with van der Waals surface area (Å²) in [4.78, 5) is 24.2. The predicted molar refractivity (Wildman–Crippen MR) is 151 cm³/mol. The van der Waals surface area contributed by atoms with Gasteiger partial charge in [0.05, 0.1) is 11.1 Å². The third kappa shape index (κ3) is 3.98. The van der Waals surface area contributed by atoms with Crippen molar-refractivity contribution in [1.29, 1.82) is 0 Å². The van der Waals surface area contributed by atoms with Crippen LogP contribution in [0.2, 0.25) is 0 Å². The molecule has 0 saturated heterocycles. The molecule has 2 aromatic carbocycles. The van der Waals surface area contributed by atoms with E-state index in [9.17, 15) is 9.59 Å². The molecule has 192 valence electrons. The van der Waals surface area contributed by atoms with E-state index in [1.807, 2.05) is 124 Å². The Morgan fingerprint density at radius 3 is 1.34 bits per heavy atom. The van der Waals surface area contributed by atoms with Crippen molar-refractivity contribution in [3.63, 3.8) is 0 Å². The Bertz CT molecular complexity index is 1620. The Hall–Kier alpha value is -4.58. The highest BCUT2D eigenvalue weighted by atomic mass is 16.5. The van der Waals surface area contributed by atoms with Gasteiger partial charge in [-0.2, -0.15) is 0 Å². The lowest BCUT2D eigenvalue weighted by atomic mass is 10.0. The standard InChI is InChI=1S/2C16H15NO2/c2*1-4-14-10(2)15(16(18)19-14)12-9-17(3)13-8-6-5-7-11(12)13/h2*4-9H,1-3H3/b2*14-4-. The van der Waals surface area contributed by atoms with E-state index in [0.717, 1.165) is 44.1 Å². The largest absolute Gasteiger partial charge is 0.423 e. The average Bonchev–Trinajstić information content (AvgIpc) is 3.61. The molecule has 0 atom stereocenters. The summed E-state index contributed by atoms with van der Waals surface area (Å²) in [5.41, 5.74) is 7.26. The van der Waals surface area contributed by atoms with E-state index in [2.05, 4.69) is 0 Å². The first kappa shape index (κ1) is 25.1. The maximum Gasteiger partial charge on any atom is 0.344 e. The molecular formula is C32H30N2O4. The van der Waals surface area contributed by atoms with Crippen LogP contribution in [0.15, 0.2) is 95.7 Å². The van der Waals surface area contributed by atoms with E-state index < -0.39 is 0 Å². The topological polar surface area (TPSA) is 62.5 Å². The molecule has 0 amide bonds. The van der Waals surface area contributed by atoms with Crippen molar-refractivity contribution in [2.24, 2.45) is 14.1 Å². The van der Waals surface area contributed by atoms with Crippen molar-refractivity contribution in [2.45, 2.75) is 27.7 Å². The number of carbonyl (C=O) groups is 2. The van der Waals surface area contributed by atoms with Crippen molar-refractivity contribution in [3.8, 4) is 0 Å². The summed E-state index contributed by atoms with van der Waals surface area (Å²) in [6.07, 6.45) is 7.63. The van der Waals surface area contributed by atoms with Gasteiger partial charge in [0.15, 0.2) is 0 Å². The number of rotatable bonds is 2. The summed E-state index contributed by atoms with van der Waals surface area (Å²) < 4.78 is 14.6. The van der Waals surface area contributed by atoms with Crippen LogP contribution in [0.5, 0.6) is 0 Å². The highest BCUT2D eigenvalue weighted by Crippen LogP contribution is 2.38. The van der Waals surface area contributed by atoms with Gasteiger partial charge in [0.2, 0.25) is 0 Å². The van der Waals surface area contributed by atoms with Crippen molar-refractivity contribution < 1.29 is 19.1 Å². The predicted octanol–water partition coefficient (Wildman–Crippen LogP) is 6.82. The van der Waals surface area contributed by atoms with Gasteiger partial charge in [0.1, 0.15) is 11.5 Å². The molecule has 6 nitrogen and oxygen atoms in total. The number of cyclic esters (lactones) is 2. The van der Waals surface area contributed by atoms with E-state index in [1.54, 1.807) is 0 Å². The second-order valence-electron chi connectivity index (χ2n) is 9.43. The Balaban J connectivity index is 0.000000155. The van der Waals surface area contributed by atoms with Gasteiger partial charge in [-0.1, -0.05) is 36.4 Å². The zero-order chi connectivity index (χ0) is 27.1. The van der Waals surface area contributed by atoms with Crippen LogP contribution in [0.3, 0.4) is 0 Å². The number of esters is 2. The molecule has 2 aromatic heterocycles. The van der Waals surface area contributed by atoms with Crippen molar-refractivity contribution in [3.05, 3.63) is 107 Å². The molecule has 0 fully saturated rings. The third-order valence-corrected chi connectivity index (χ3v) is 7.16. The molecule has 0 unspecified atom stereocenters. The number of nitrogens with zero attached hydrogens (tertiary/aromatic N) is 2. The summed E-state index contributed by atoms with van der Waals surface area (Å²) >= 11 is 0. The van der Waals surface area contributed by atoms with Crippen molar-refractivity contribution >= 4 is 44.9 Å². The van der Waals surface area contributed by atoms with Crippen LogP contribution in [0, 0.1) is 0 Å². The fraction of sp³-hybridized carbons (Fsp3) is 0.188.